The third kappa shape index (κ3) is 11.4. The van der Waals surface area contributed by atoms with E-state index in [4.69, 9.17) is 25.9 Å². The van der Waals surface area contributed by atoms with Crippen molar-refractivity contribution in [3.05, 3.63) is 176 Å². The summed E-state index contributed by atoms with van der Waals surface area (Å²) in [6.07, 6.45) is 9.70. The minimum Gasteiger partial charge on any atom is -0.508 e. The molecule has 10 N–H and O–H groups in total. The first-order valence-electron chi connectivity index (χ1n) is 30.1. The highest BCUT2D eigenvalue weighted by molar-refractivity contribution is 7.86. The van der Waals surface area contributed by atoms with Crippen molar-refractivity contribution in [3.8, 4) is 23.3 Å². The molecule has 13 unspecified atom stereocenters. The van der Waals surface area contributed by atoms with E-state index in [1.807, 2.05) is 49.5 Å². The standard InChI is InChI=1S/C68H81N5O8S/c1-41-13-14-47-31-56-20-22-58(47)60(41)35-63(82(77,78)79)62-33-50-29-49(32-57-27-43(40-74)10-6-11-46-30-55(75)19-21-59(46)65(50)80-57)64(62)44-15-17-53(18-16-44)68(81-56,73-66(69)70)37-54(26-42-8-4-3-5-9-42)67(76)24-7-12-48(36-67)61-34-51-39-72-25-23-45(51)28-52(61)38-71-2/h3-5,8-9,15-22,28,30-31,33-34,41,43,48-49,54,57,60,62-65,71-72,74-76H,7,10,12-14,23-27,29,32,35-40H2,1-2H3,(H4,69,70,73)(H,77,78,79). The third-order valence-corrected chi connectivity index (χ3v) is 21.4. The van der Waals surface area contributed by atoms with Crippen LogP contribution >= 0.6 is 0 Å². The Kier molecular flexibility index (Phi) is 16.0. The zero-order valence-corrected chi connectivity index (χ0v) is 48.2. The molecule has 6 aliphatic heterocycles. The normalized spacial score (nSPS) is 30.7. The number of guanidine groups is 1. The van der Waals surface area contributed by atoms with Crippen molar-refractivity contribution in [3.63, 3.8) is 0 Å². The SMILES string of the molecule is CNCc1cc2c(cc1C1CCCC(O)(C(Cc3ccccc3)CC3(N=C(N)N)Oc4ccc5c(c4)CCC(C)C5CC(S(=O)(=O)O)C4C=C5CC(CC6CC(CO)CC#Cc7cc(O)ccc7C5O6)C4c4ccc3cc4)C1)CNCC2. The number of aliphatic hydroxyl groups is 2. The number of aliphatic imine (C=N–C) groups is 1. The van der Waals surface area contributed by atoms with E-state index in [-0.39, 0.29) is 66.9 Å². The fraction of sp³-hybridized carbons (Fsp3) is 0.485. The molecule has 1 saturated heterocycles. The number of aromatic hydroxyl groups is 1. The number of allylic oxidation sites excluding steroid dienone is 1. The van der Waals surface area contributed by atoms with Gasteiger partial charge in [-0.3, -0.25) is 4.55 Å². The molecule has 13 nitrogen and oxygen atoms in total. The van der Waals surface area contributed by atoms with Crippen molar-refractivity contribution in [2.24, 2.45) is 46.0 Å². The lowest BCUT2D eigenvalue weighted by molar-refractivity contribution is -0.0834. The second kappa shape index (κ2) is 23.2. The van der Waals surface area contributed by atoms with E-state index >= 15 is 0 Å². The monoisotopic (exact) mass is 1130 g/mol. The van der Waals surface area contributed by atoms with Gasteiger partial charge in [-0.1, -0.05) is 104 Å². The molecule has 432 valence electrons. The number of hydrogen-bond acceptors (Lipinski definition) is 10. The van der Waals surface area contributed by atoms with Crippen molar-refractivity contribution in [2.75, 3.05) is 20.2 Å². The number of nitrogens with zero attached hydrogens (tertiary/aromatic N) is 1. The van der Waals surface area contributed by atoms with Gasteiger partial charge in [-0.2, -0.15) is 8.42 Å². The van der Waals surface area contributed by atoms with Crippen molar-refractivity contribution in [1.29, 1.82) is 0 Å². The average molecular weight is 1130 g/mol. The first kappa shape index (κ1) is 56.5. The maximum Gasteiger partial charge on any atom is 0.268 e. The fourth-order valence-electron chi connectivity index (χ4n) is 16.1. The number of nitrogens with one attached hydrogen (secondary N) is 2. The van der Waals surface area contributed by atoms with Crippen LogP contribution in [0.4, 0.5) is 0 Å². The van der Waals surface area contributed by atoms with Gasteiger partial charge in [-0.25, -0.2) is 4.99 Å². The summed E-state index contributed by atoms with van der Waals surface area (Å²) in [5, 5.41) is 41.1. The van der Waals surface area contributed by atoms with Crippen LogP contribution in [0.2, 0.25) is 0 Å². The van der Waals surface area contributed by atoms with E-state index < -0.39 is 50.6 Å². The van der Waals surface area contributed by atoms with Gasteiger partial charge < -0.3 is 46.9 Å². The molecule has 0 amide bonds. The molecule has 0 spiro atoms. The summed E-state index contributed by atoms with van der Waals surface area (Å²) in [4.78, 5) is 5.21. The summed E-state index contributed by atoms with van der Waals surface area (Å²) < 4.78 is 55.5. The van der Waals surface area contributed by atoms with Crippen LogP contribution in [0.15, 0.2) is 120 Å². The number of aryl methyl sites for hydroxylation is 1. The summed E-state index contributed by atoms with van der Waals surface area (Å²) in [6.45, 7) is 4.63. The lowest BCUT2D eigenvalue weighted by Gasteiger charge is -2.46. The Balaban J connectivity index is 1.02. The van der Waals surface area contributed by atoms with Gasteiger partial charge in [-0.15, -0.1) is 0 Å². The maximum atomic E-state index is 14.5. The number of aliphatic hydroxyl groups excluding tert-OH is 1. The predicted octanol–water partition coefficient (Wildman–Crippen LogP) is 9.86. The van der Waals surface area contributed by atoms with Crippen LogP contribution < -0.4 is 26.8 Å². The molecule has 1 saturated carbocycles. The molecule has 13 atom stereocenters. The second-order valence-corrected chi connectivity index (χ2v) is 27.0. The van der Waals surface area contributed by atoms with Gasteiger partial charge in [0.1, 0.15) is 17.6 Å². The van der Waals surface area contributed by atoms with Crippen LogP contribution in [-0.2, 0) is 52.9 Å². The van der Waals surface area contributed by atoms with E-state index in [1.165, 1.54) is 22.3 Å². The summed E-state index contributed by atoms with van der Waals surface area (Å²) in [6, 6.07) is 34.6. The maximum absolute atomic E-state index is 14.5. The first-order chi connectivity index (χ1) is 39.6. The van der Waals surface area contributed by atoms with Gasteiger partial charge in [0.25, 0.3) is 10.1 Å². The third-order valence-electron chi connectivity index (χ3n) is 20.1. The van der Waals surface area contributed by atoms with Crippen molar-refractivity contribution in [2.45, 2.75) is 156 Å². The molecule has 5 aromatic carbocycles. The molecule has 3 aliphatic carbocycles. The van der Waals surface area contributed by atoms with Crippen LogP contribution in [0.25, 0.3) is 0 Å². The Hall–Kier alpha value is -6.02. The van der Waals surface area contributed by atoms with E-state index in [0.717, 1.165) is 85.1 Å². The van der Waals surface area contributed by atoms with Gasteiger partial charge in [0.05, 0.1) is 17.0 Å². The number of phenolic OH excluding ortho intramolecular Hbond substituents is 1. The van der Waals surface area contributed by atoms with E-state index in [9.17, 15) is 28.3 Å². The van der Waals surface area contributed by atoms with Crippen LogP contribution in [-0.4, -0.2) is 71.4 Å². The van der Waals surface area contributed by atoms with Crippen molar-refractivity contribution >= 4 is 16.1 Å². The Morgan fingerprint density at radius 1 is 0.927 bits per heavy atom. The van der Waals surface area contributed by atoms with E-state index in [2.05, 4.69) is 84.0 Å². The molecule has 6 heterocycles. The van der Waals surface area contributed by atoms with Gasteiger partial charge in [-0.05, 0) is 206 Å². The molecule has 14 rings (SSSR count). The molecule has 10 bridgehead atoms. The fourth-order valence-corrected chi connectivity index (χ4v) is 17.2. The quantitative estimate of drug-likeness (QED) is 0.0204. The number of hydrogen-bond donors (Lipinski definition) is 8. The summed E-state index contributed by atoms with van der Waals surface area (Å²) >= 11 is 0. The average Bonchev–Trinajstić information content (AvgIpc) is 3.21. The van der Waals surface area contributed by atoms with Crippen molar-refractivity contribution in [1.82, 2.24) is 10.6 Å². The smallest absolute Gasteiger partial charge is 0.268 e. The topological polar surface area (TPSA) is 222 Å². The molecule has 9 aliphatic rings. The van der Waals surface area contributed by atoms with E-state index in [0.29, 0.717) is 61.8 Å². The number of rotatable bonds is 11. The number of phenols is 1. The Bertz CT molecular complexity index is 3410. The van der Waals surface area contributed by atoms with Crippen molar-refractivity contribution < 1.29 is 37.8 Å². The predicted molar refractivity (Wildman–Crippen MR) is 320 cm³/mol. The summed E-state index contributed by atoms with van der Waals surface area (Å²) in [5.74, 6) is 5.21. The van der Waals surface area contributed by atoms with Gasteiger partial charge in [0.2, 0.25) is 5.72 Å². The molecule has 14 heteroatoms. The molecule has 0 aromatic heterocycles. The molecule has 82 heavy (non-hydrogen) atoms. The van der Waals surface area contributed by atoms with Crippen LogP contribution in [0.3, 0.4) is 0 Å². The summed E-state index contributed by atoms with van der Waals surface area (Å²) in [5.41, 5.74) is 22.9. The van der Waals surface area contributed by atoms with Crippen LogP contribution in [0.1, 0.15) is 163 Å². The Labute approximate surface area is 484 Å². The van der Waals surface area contributed by atoms with E-state index in [1.54, 1.807) is 12.1 Å². The Morgan fingerprint density at radius 3 is 2.52 bits per heavy atom. The molecule has 2 fully saturated rings. The number of fused-ring (bicyclic) bond motifs is 9. The lowest BCUT2D eigenvalue weighted by atomic mass is 9.64. The summed E-state index contributed by atoms with van der Waals surface area (Å²) in [7, 11) is -2.70. The lowest BCUT2D eigenvalue weighted by Crippen LogP contribution is -2.48. The minimum atomic E-state index is -4.70. The molecular formula is C68H81N5O8S. The zero-order valence-electron chi connectivity index (χ0n) is 47.4. The number of benzene rings is 5. The highest BCUT2D eigenvalue weighted by Crippen LogP contribution is 2.56. The molecule has 5 aromatic rings. The number of ether oxygens (including phenoxy) is 2. The van der Waals surface area contributed by atoms with Gasteiger partial charge in [0, 0.05) is 55.1 Å². The van der Waals surface area contributed by atoms with Crippen LogP contribution in [0.5, 0.6) is 11.5 Å². The molecular weight excluding hydrogens is 1050 g/mol. The highest BCUT2D eigenvalue weighted by Gasteiger charge is 2.51. The number of nitrogens with two attached hydrogens (primary N) is 2. The van der Waals surface area contributed by atoms with Gasteiger partial charge >= 0.3 is 0 Å². The largest absolute Gasteiger partial charge is 0.508 e. The zero-order chi connectivity index (χ0) is 56.9. The second-order valence-electron chi connectivity index (χ2n) is 25.3. The van der Waals surface area contributed by atoms with Gasteiger partial charge in [0.15, 0.2) is 5.96 Å². The minimum absolute atomic E-state index is 0.0752. The highest BCUT2D eigenvalue weighted by atomic mass is 32.2. The van der Waals surface area contributed by atoms with Crippen LogP contribution in [0, 0.1) is 41.4 Å². The first-order valence-corrected chi connectivity index (χ1v) is 31.6. The molecule has 0 radical (unpaired) electrons. The Morgan fingerprint density at radius 2 is 1.74 bits per heavy atom.